The van der Waals surface area contributed by atoms with E-state index in [0.29, 0.717) is 13.0 Å². The summed E-state index contributed by atoms with van der Waals surface area (Å²) in [4.78, 5) is 2.38. The fourth-order valence-corrected chi connectivity index (χ4v) is 3.17. The van der Waals surface area contributed by atoms with Crippen molar-refractivity contribution < 1.29 is 9.13 Å². The Hall–Kier alpha value is -0.970. The lowest BCUT2D eigenvalue weighted by atomic mass is 9.88. The summed E-state index contributed by atoms with van der Waals surface area (Å²) < 4.78 is 19.7. The first-order valence-electron chi connectivity index (χ1n) is 7.89. The number of hydrogen-bond donors (Lipinski definition) is 1. The molecule has 2 N–H and O–H groups in total. The van der Waals surface area contributed by atoms with Crippen molar-refractivity contribution in [2.75, 3.05) is 26.2 Å². The molecular formula is C17H27FN2O. The first-order chi connectivity index (χ1) is 10.1. The SMILES string of the molecule is CCOC1CCCN(C(C)(CN)Cc2ccccc2F)C1. The van der Waals surface area contributed by atoms with Gasteiger partial charge in [-0.25, -0.2) is 4.39 Å². The van der Waals surface area contributed by atoms with Gasteiger partial charge in [0.15, 0.2) is 0 Å². The first-order valence-corrected chi connectivity index (χ1v) is 7.89. The van der Waals surface area contributed by atoms with Crippen LogP contribution in [0.15, 0.2) is 24.3 Å². The van der Waals surface area contributed by atoms with Crippen LogP contribution in [0.25, 0.3) is 0 Å². The third kappa shape index (κ3) is 4.02. The van der Waals surface area contributed by atoms with E-state index in [9.17, 15) is 4.39 Å². The topological polar surface area (TPSA) is 38.5 Å². The molecule has 1 heterocycles. The highest BCUT2D eigenvalue weighted by Crippen LogP contribution is 2.26. The number of rotatable bonds is 6. The molecule has 1 fully saturated rings. The van der Waals surface area contributed by atoms with Crippen molar-refractivity contribution in [3.05, 3.63) is 35.6 Å². The molecule has 21 heavy (non-hydrogen) atoms. The van der Waals surface area contributed by atoms with Crippen LogP contribution in [0.5, 0.6) is 0 Å². The zero-order valence-electron chi connectivity index (χ0n) is 13.1. The van der Waals surface area contributed by atoms with Crippen LogP contribution < -0.4 is 5.73 Å². The average Bonchev–Trinajstić information content (AvgIpc) is 2.50. The second-order valence-electron chi connectivity index (χ2n) is 6.13. The Kier molecular flexibility index (Phi) is 5.73. The summed E-state index contributed by atoms with van der Waals surface area (Å²) in [5.74, 6) is -0.143. The molecule has 3 nitrogen and oxygen atoms in total. The number of nitrogens with zero attached hydrogens (tertiary/aromatic N) is 1. The summed E-state index contributed by atoms with van der Waals surface area (Å²) in [6.45, 7) is 7.31. The first kappa shape index (κ1) is 16.4. The summed E-state index contributed by atoms with van der Waals surface area (Å²) in [6, 6.07) is 6.98. The van der Waals surface area contributed by atoms with Gasteiger partial charge in [0.05, 0.1) is 6.10 Å². The van der Waals surface area contributed by atoms with Crippen molar-refractivity contribution >= 4 is 0 Å². The second kappa shape index (κ2) is 7.34. The molecule has 0 radical (unpaired) electrons. The van der Waals surface area contributed by atoms with Gasteiger partial charge in [-0.3, -0.25) is 4.90 Å². The van der Waals surface area contributed by atoms with Crippen LogP contribution in [0.4, 0.5) is 4.39 Å². The highest BCUT2D eigenvalue weighted by Gasteiger charge is 2.35. The molecule has 1 aliphatic heterocycles. The maximum Gasteiger partial charge on any atom is 0.126 e. The lowest BCUT2D eigenvalue weighted by Crippen LogP contribution is -2.57. The molecule has 1 aromatic rings. The Morgan fingerprint density at radius 3 is 2.86 bits per heavy atom. The molecule has 0 saturated carbocycles. The normalized spacial score (nSPS) is 23.0. The van der Waals surface area contributed by atoms with E-state index in [4.69, 9.17) is 10.5 Å². The molecule has 0 bridgehead atoms. The number of benzene rings is 1. The van der Waals surface area contributed by atoms with Crippen LogP contribution >= 0.6 is 0 Å². The minimum absolute atomic E-state index is 0.143. The van der Waals surface area contributed by atoms with Gasteiger partial charge in [-0.1, -0.05) is 18.2 Å². The van der Waals surface area contributed by atoms with Gasteiger partial charge in [0, 0.05) is 25.2 Å². The monoisotopic (exact) mass is 294 g/mol. The lowest BCUT2D eigenvalue weighted by molar-refractivity contribution is -0.0281. The molecule has 1 aliphatic rings. The Bertz CT molecular complexity index is 452. The highest BCUT2D eigenvalue weighted by atomic mass is 19.1. The number of ether oxygens (including phenoxy) is 1. The number of halogens is 1. The van der Waals surface area contributed by atoms with E-state index >= 15 is 0 Å². The van der Waals surface area contributed by atoms with Gasteiger partial charge in [0.1, 0.15) is 5.82 Å². The van der Waals surface area contributed by atoms with Crippen molar-refractivity contribution in [1.82, 2.24) is 4.90 Å². The number of nitrogens with two attached hydrogens (primary N) is 1. The van der Waals surface area contributed by atoms with Crippen molar-refractivity contribution in [3.63, 3.8) is 0 Å². The van der Waals surface area contributed by atoms with Crippen molar-refractivity contribution in [2.45, 2.75) is 44.8 Å². The summed E-state index contributed by atoms with van der Waals surface area (Å²) in [6.07, 6.45) is 3.12. The van der Waals surface area contributed by atoms with Crippen LogP contribution in [-0.2, 0) is 11.2 Å². The summed E-state index contributed by atoms with van der Waals surface area (Å²) in [5.41, 5.74) is 6.57. The Morgan fingerprint density at radius 2 is 2.19 bits per heavy atom. The Labute approximate surface area is 127 Å². The van der Waals surface area contributed by atoms with Gasteiger partial charge in [0.25, 0.3) is 0 Å². The maximum atomic E-state index is 13.9. The van der Waals surface area contributed by atoms with Gasteiger partial charge < -0.3 is 10.5 Å². The van der Waals surface area contributed by atoms with Crippen LogP contribution in [0.3, 0.4) is 0 Å². The minimum atomic E-state index is -0.224. The third-order valence-electron chi connectivity index (χ3n) is 4.51. The van der Waals surface area contributed by atoms with Crippen molar-refractivity contribution in [3.8, 4) is 0 Å². The van der Waals surface area contributed by atoms with Crippen LogP contribution in [0.2, 0.25) is 0 Å². The molecule has 4 heteroatoms. The molecule has 1 aromatic carbocycles. The molecule has 118 valence electrons. The Morgan fingerprint density at radius 1 is 1.43 bits per heavy atom. The van der Waals surface area contributed by atoms with E-state index in [1.54, 1.807) is 6.07 Å². The van der Waals surface area contributed by atoms with Crippen LogP contribution in [-0.4, -0.2) is 42.8 Å². The quantitative estimate of drug-likeness (QED) is 0.876. The van der Waals surface area contributed by atoms with E-state index in [-0.39, 0.29) is 17.5 Å². The average molecular weight is 294 g/mol. The molecule has 2 unspecified atom stereocenters. The number of likely N-dealkylation sites (tertiary alicyclic amines) is 1. The fourth-order valence-electron chi connectivity index (χ4n) is 3.17. The molecule has 0 aromatic heterocycles. The molecule has 0 amide bonds. The van der Waals surface area contributed by atoms with E-state index in [1.807, 2.05) is 19.1 Å². The van der Waals surface area contributed by atoms with Gasteiger partial charge in [-0.15, -0.1) is 0 Å². The molecule has 0 aliphatic carbocycles. The predicted molar refractivity (Wildman–Crippen MR) is 83.8 cm³/mol. The highest BCUT2D eigenvalue weighted by molar-refractivity contribution is 5.20. The fraction of sp³-hybridized carbons (Fsp3) is 0.647. The molecule has 0 spiro atoms. The molecule has 2 rings (SSSR count). The second-order valence-corrected chi connectivity index (χ2v) is 6.13. The Balaban J connectivity index is 2.11. The third-order valence-corrected chi connectivity index (χ3v) is 4.51. The number of hydrogen-bond acceptors (Lipinski definition) is 3. The van der Waals surface area contributed by atoms with Crippen LogP contribution in [0, 0.1) is 5.82 Å². The van der Waals surface area contributed by atoms with Gasteiger partial charge >= 0.3 is 0 Å². The largest absolute Gasteiger partial charge is 0.377 e. The maximum absolute atomic E-state index is 13.9. The predicted octanol–water partition coefficient (Wildman–Crippen LogP) is 2.59. The minimum Gasteiger partial charge on any atom is -0.377 e. The van der Waals surface area contributed by atoms with Gasteiger partial charge in [-0.2, -0.15) is 0 Å². The van der Waals surface area contributed by atoms with E-state index < -0.39 is 0 Å². The van der Waals surface area contributed by atoms with Crippen molar-refractivity contribution in [2.24, 2.45) is 5.73 Å². The summed E-state index contributed by atoms with van der Waals surface area (Å²) in [5, 5.41) is 0. The van der Waals surface area contributed by atoms with E-state index in [0.717, 1.165) is 38.1 Å². The zero-order valence-corrected chi connectivity index (χ0v) is 13.1. The molecule has 2 atom stereocenters. The van der Waals surface area contributed by atoms with Gasteiger partial charge in [-0.05, 0) is 51.3 Å². The molecule has 1 saturated heterocycles. The smallest absolute Gasteiger partial charge is 0.126 e. The van der Waals surface area contributed by atoms with Crippen molar-refractivity contribution in [1.29, 1.82) is 0 Å². The standard InChI is InChI=1S/C17H27FN2O/c1-3-21-15-8-6-10-20(12-15)17(2,13-19)11-14-7-4-5-9-16(14)18/h4-5,7,9,15H,3,6,8,10-13,19H2,1-2H3. The molecular weight excluding hydrogens is 267 g/mol. The summed E-state index contributed by atoms with van der Waals surface area (Å²) in [7, 11) is 0. The van der Waals surface area contributed by atoms with Crippen LogP contribution in [0.1, 0.15) is 32.3 Å². The number of piperidine rings is 1. The van der Waals surface area contributed by atoms with Gasteiger partial charge in [0.2, 0.25) is 0 Å². The van der Waals surface area contributed by atoms with E-state index in [2.05, 4.69) is 11.8 Å². The van der Waals surface area contributed by atoms with E-state index in [1.165, 1.54) is 6.07 Å². The lowest BCUT2D eigenvalue weighted by Gasteiger charge is -2.45. The summed E-state index contributed by atoms with van der Waals surface area (Å²) >= 11 is 0. The zero-order chi connectivity index (χ0) is 15.3.